The quantitative estimate of drug-likeness (QED) is 0.555. The number of nitrogens with zero attached hydrogens (tertiary/aromatic N) is 3. The smallest absolute Gasteiger partial charge is 0.233 e. The van der Waals surface area contributed by atoms with Gasteiger partial charge in [0.05, 0.1) is 11.8 Å². The molecule has 1 aromatic heterocycles. The van der Waals surface area contributed by atoms with Gasteiger partial charge >= 0.3 is 0 Å². The van der Waals surface area contributed by atoms with Crippen LogP contribution in [0.15, 0.2) is 0 Å². The molecule has 2 fully saturated rings. The number of amides is 3. The number of rotatable bonds is 8. The number of imide groups is 1. The number of carbonyl (C=O) groups excluding carboxylic acids is 3. The molecule has 0 bridgehead atoms. The van der Waals surface area contributed by atoms with E-state index in [-0.39, 0.29) is 42.5 Å². The molecular formula is C18H26N4O3S. The van der Waals surface area contributed by atoms with Crippen molar-refractivity contribution in [1.82, 2.24) is 15.1 Å². The lowest BCUT2D eigenvalue weighted by molar-refractivity contribution is -0.140. The normalized spacial score (nSPS) is 22.6. The van der Waals surface area contributed by atoms with Gasteiger partial charge in [-0.1, -0.05) is 43.9 Å². The number of carbonyl (C=O) groups is 3. The lowest BCUT2D eigenvalue weighted by atomic mass is 9.81. The Morgan fingerprint density at radius 2 is 1.85 bits per heavy atom. The summed E-state index contributed by atoms with van der Waals surface area (Å²) in [5.41, 5.74) is 0. The molecular weight excluding hydrogens is 352 g/mol. The molecule has 1 aromatic rings. The Labute approximate surface area is 157 Å². The second-order valence-corrected chi connectivity index (χ2v) is 8.14. The molecule has 142 valence electrons. The number of hydrogen-bond acceptors (Lipinski definition) is 6. The molecule has 1 N–H and O–H groups in total. The van der Waals surface area contributed by atoms with Crippen LogP contribution in [0.25, 0.3) is 0 Å². The van der Waals surface area contributed by atoms with Crippen molar-refractivity contribution in [2.45, 2.75) is 64.7 Å². The highest BCUT2D eigenvalue weighted by Gasteiger charge is 2.47. The molecule has 0 radical (unpaired) electrons. The van der Waals surface area contributed by atoms with Gasteiger partial charge in [0.25, 0.3) is 0 Å². The van der Waals surface area contributed by atoms with E-state index >= 15 is 0 Å². The molecule has 26 heavy (non-hydrogen) atoms. The van der Waals surface area contributed by atoms with Gasteiger partial charge in [0.1, 0.15) is 5.01 Å². The van der Waals surface area contributed by atoms with Crippen molar-refractivity contribution in [3.8, 4) is 0 Å². The van der Waals surface area contributed by atoms with Crippen LogP contribution < -0.4 is 5.32 Å². The Balaban J connectivity index is 1.47. The molecule has 8 heteroatoms. The number of fused-ring (bicyclic) bond motifs is 1. The minimum absolute atomic E-state index is 0.0957. The molecule has 0 aromatic carbocycles. The highest BCUT2D eigenvalue weighted by molar-refractivity contribution is 7.15. The van der Waals surface area contributed by atoms with Gasteiger partial charge in [0, 0.05) is 19.4 Å². The van der Waals surface area contributed by atoms with Crippen LogP contribution in [0.5, 0.6) is 0 Å². The third-order valence-electron chi connectivity index (χ3n) is 5.20. The van der Waals surface area contributed by atoms with E-state index in [4.69, 9.17) is 0 Å². The van der Waals surface area contributed by atoms with Gasteiger partial charge in [-0.25, -0.2) is 0 Å². The molecule has 2 heterocycles. The van der Waals surface area contributed by atoms with Crippen molar-refractivity contribution in [2.75, 3.05) is 11.9 Å². The summed E-state index contributed by atoms with van der Waals surface area (Å²) in [6, 6.07) is 0. The SMILES string of the molecule is CCCCCc1nnc(NC(=O)CCN2C(=O)[C@H]3CCCC[C@H]3C2=O)s1. The summed E-state index contributed by atoms with van der Waals surface area (Å²) in [7, 11) is 0. The number of aryl methyl sites for hydroxylation is 1. The van der Waals surface area contributed by atoms with Crippen LogP contribution in [0, 0.1) is 11.8 Å². The number of unbranched alkanes of at least 4 members (excludes halogenated alkanes) is 2. The fourth-order valence-corrected chi connectivity index (χ4v) is 4.58. The summed E-state index contributed by atoms with van der Waals surface area (Å²) in [5, 5.41) is 12.2. The van der Waals surface area contributed by atoms with Crippen molar-refractivity contribution in [1.29, 1.82) is 0 Å². The first-order valence-corrected chi connectivity index (χ1v) is 10.4. The Kier molecular flexibility index (Phi) is 6.34. The van der Waals surface area contributed by atoms with E-state index in [9.17, 15) is 14.4 Å². The highest BCUT2D eigenvalue weighted by Crippen LogP contribution is 2.37. The van der Waals surface area contributed by atoms with Crippen LogP contribution >= 0.6 is 11.3 Å². The maximum absolute atomic E-state index is 12.4. The fraction of sp³-hybridized carbons (Fsp3) is 0.722. The zero-order valence-electron chi connectivity index (χ0n) is 15.2. The van der Waals surface area contributed by atoms with Crippen LogP contribution in [0.2, 0.25) is 0 Å². The van der Waals surface area contributed by atoms with Crippen molar-refractivity contribution in [3.05, 3.63) is 5.01 Å². The Bertz CT molecular complexity index is 651. The minimum atomic E-state index is -0.239. The molecule has 2 atom stereocenters. The van der Waals surface area contributed by atoms with Gasteiger partial charge in [-0.3, -0.25) is 19.3 Å². The van der Waals surface area contributed by atoms with Gasteiger partial charge in [-0.2, -0.15) is 0 Å². The number of aromatic nitrogens is 2. The molecule has 3 amide bonds. The van der Waals surface area contributed by atoms with Crippen molar-refractivity contribution in [3.63, 3.8) is 0 Å². The summed E-state index contributed by atoms with van der Waals surface area (Å²) < 4.78 is 0. The van der Waals surface area contributed by atoms with E-state index in [0.717, 1.165) is 56.4 Å². The number of likely N-dealkylation sites (tertiary alicyclic amines) is 1. The molecule has 0 unspecified atom stereocenters. The summed E-state index contributed by atoms with van der Waals surface area (Å²) in [4.78, 5) is 38.2. The molecule has 1 aliphatic carbocycles. The van der Waals surface area contributed by atoms with Gasteiger partial charge in [-0.05, 0) is 19.3 Å². The molecule has 1 saturated carbocycles. The second-order valence-electron chi connectivity index (χ2n) is 7.08. The molecule has 2 aliphatic rings. The van der Waals surface area contributed by atoms with E-state index in [2.05, 4.69) is 22.4 Å². The molecule has 1 saturated heterocycles. The van der Waals surface area contributed by atoms with Gasteiger partial charge < -0.3 is 5.32 Å². The Morgan fingerprint density at radius 1 is 1.15 bits per heavy atom. The zero-order chi connectivity index (χ0) is 18.5. The largest absolute Gasteiger partial charge is 0.300 e. The first kappa shape index (κ1) is 18.9. The van der Waals surface area contributed by atoms with Crippen LogP contribution in [0.1, 0.15) is 63.3 Å². The first-order valence-electron chi connectivity index (χ1n) is 9.57. The van der Waals surface area contributed by atoms with Crippen molar-refractivity contribution in [2.24, 2.45) is 11.8 Å². The van der Waals surface area contributed by atoms with Crippen LogP contribution in [0.3, 0.4) is 0 Å². The number of hydrogen-bond donors (Lipinski definition) is 1. The van der Waals surface area contributed by atoms with Crippen LogP contribution in [0.4, 0.5) is 5.13 Å². The predicted octanol–water partition coefficient (Wildman–Crippen LogP) is 2.77. The molecule has 3 rings (SSSR count). The van der Waals surface area contributed by atoms with Crippen molar-refractivity contribution >= 4 is 34.2 Å². The zero-order valence-corrected chi connectivity index (χ0v) is 16.0. The third-order valence-corrected chi connectivity index (χ3v) is 6.10. The van der Waals surface area contributed by atoms with E-state index in [1.165, 1.54) is 16.2 Å². The summed E-state index contributed by atoms with van der Waals surface area (Å²) >= 11 is 1.39. The Hall–Kier alpha value is -1.83. The standard InChI is InChI=1S/C18H26N4O3S/c1-2-3-4-9-15-20-21-18(26-15)19-14(23)10-11-22-16(24)12-7-5-6-8-13(12)17(22)25/h12-13H,2-11H2,1H3,(H,19,21,23)/t12-,13+. The monoisotopic (exact) mass is 378 g/mol. The van der Waals surface area contributed by atoms with E-state index in [0.29, 0.717) is 5.13 Å². The fourth-order valence-electron chi connectivity index (χ4n) is 3.78. The second kappa shape index (κ2) is 8.70. The Morgan fingerprint density at radius 3 is 2.50 bits per heavy atom. The van der Waals surface area contributed by atoms with Crippen LogP contribution in [-0.2, 0) is 20.8 Å². The average molecular weight is 378 g/mol. The summed E-state index contributed by atoms with van der Waals surface area (Å²) in [5.74, 6) is -0.749. The third kappa shape index (κ3) is 4.28. The van der Waals surface area contributed by atoms with Crippen molar-refractivity contribution < 1.29 is 14.4 Å². The lowest BCUT2D eigenvalue weighted by Crippen LogP contribution is -2.34. The topological polar surface area (TPSA) is 92.3 Å². The summed E-state index contributed by atoms with van der Waals surface area (Å²) in [6.07, 6.45) is 7.95. The van der Waals surface area contributed by atoms with E-state index < -0.39 is 0 Å². The maximum Gasteiger partial charge on any atom is 0.233 e. The number of anilines is 1. The first-order chi connectivity index (χ1) is 12.6. The molecule has 0 spiro atoms. The van der Waals surface area contributed by atoms with Gasteiger partial charge in [-0.15, -0.1) is 10.2 Å². The number of nitrogens with one attached hydrogen (secondary N) is 1. The van der Waals surface area contributed by atoms with E-state index in [1.54, 1.807) is 0 Å². The van der Waals surface area contributed by atoms with Crippen LogP contribution in [-0.4, -0.2) is 39.4 Å². The van der Waals surface area contributed by atoms with E-state index in [1.807, 2.05) is 0 Å². The minimum Gasteiger partial charge on any atom is -0.300 e. The molecule has 7 nitrogen and oxygen atoms in total. The molecule has 1 aliphatic heterocycles. The lowest BCUT2D eigenvalue weighted by Gasteiger charge is -2.19. The predicted molar refractivity (Wildman–Crippen MR) is 98.6 cm³/mol. The summed E-state index contributed by atoms with van der Waals surface area (Å²) in [6.45, 7) is 2.30. The average Bonchev–Trinajstić information content (AvgIpc) is 3.17. The van der Waals surface area contributed by atoms with Gasteiger partial charge in [0.15, 0.2) is 0 Å². The highest BCUT2D eigenvalue weighted by atomic mass is 32.1. The maximum atomic E-state index is 12.4. The van der Waals surface area contributed by atoms with Gasteiger partial charge in [0.2, 0.25) is 22.9 Å².